The van der Waals surface area contributed by atoms with Gasteiger partial charge in [-0.1, -0.05) is 13.0 Å². The van der Waals surface area contributed by atoms with E-state index in [1.807, 2.05) is 0 Å². The van der Waals surface area contributed by atoms with Crippen molar-refractivity contribution in [1.29, 1.82) is 0 Å². The van der Waals surface area contributed by atoms with E-state index in [2.05, 4.69) is 49.9 Å². The van der Waals surface area contributed by atoms with Crippen LogP contribution in [0.3, 0.4) is 0 Å². The highest BCUT2D eigenvalue weighted by Crippen LogP contribution is 2.49. The largest absolute Gasteiger partial charge is 0.489 e. The van der Waals surface area contributed by atoms with Crippen LogP contribution >= 0.6 is 0 Å². The van der Waals surface area contributed by atoms with Crippen LogP contribution in [-0.2, 0) is 4.74 Å². The van der Waals surface area contributed by atoms with Gasteiger partial charge in [-0.25, -0.2) is 0 Å². The molecule has 4 rings (SSSR count). The Labute approximate surface area is 145 Å². The minimum absolute atomic E-state index is 0.286. The lowest BCUT2D eigenvalue weighted by atomic mass is 9.70. The monoisotopic (exact) mass is 330 g/mol. The average Bonchev–Trinajstić information content (AvgIpc) is 2.56. The molecule has 0 bridgehead atoms. The first-order chi connectivity index (χ1) is 11.6. The number of hydrogen-bond acceptors (Lipinski definition) is 4. The Morgan fingerprint density at radius 1 is 1.08 bits per heavy atom. The summed E-state index contributed by atoms with van der Waals surface area (Å²) >= 11 is 0. The maximum atomic E-state index is 6.35. The number of rotatable bonds is 1. The quantitative estimate of drug-likeness (QED) is 0.790. The van der Waals surface area contributed by atoms with Gasteiger partial charge in [-0.15, -0.1) is 0 Å². The number of aryl methyl sites for hydroxylation is 1. The van der Waals surface area contributed by atoms with E-state index in [1.54, 1.807) is 0 Å². The van der Waals surface area contributed by atoms with Crippen molar-refractivity contribution in [3.05, 3.63) is 23.3 Å². The molecule has 1 saturated carbocycles. The lowest BCUT2D eigenvalue weighted by molar-refractivity contribution is -0.101. The Hall–Kier alpha value is -1.26. The first-order valence-electron chi connectivity index (χ1n) is 9.37. The Balaban J connectivity index is 1.80. The third-order valence-corrected chi connectivity index (χ3v) is 6.40. The van der Waals surface area contributed by atoms with Crippen molar-refractivity contribution in [2.24, 2.45) is 5.92 Å². The van der Waals surface area contributed by atoms with Gasteiger partial charge < -0.3 is 14.4 Å². The van der Waals surface area contributed by atoms with E-state index in [-0.39, 0.29) is 6.10 Å². The molecular formula is C20H30N2O2. The summed E-state index contributed by atoms with van der Waals surface area (Å²) in [5.41, 5.74) is 3.98. The molecule has 1 aromatic rings. The maximum absolute atomic E-state index is 6.35. The fourth-order valence-electron chi connectivity index (χ4n) is 4.93. The number of morpholine rings is 1. The summed E-state index contributed by atoms with van der Waals surface area (Å²) in [6.07, 6.45) is 2.79. The third kappa shape index (κ3) is 2.51. The molecule has 0 radical (unpaired) electrons. The topological polar surface area (TPSA) is 24.9 Å². The number of nitrogens with zero attached hydrogens (tertiary/aromatic N) is 2. The molecule has 0 spiro atoms. The van der Waals surface area contributed by atoms with Gasteiger partial charge >= 0.3 is 0 Å². The summed E-state index contributed by atoms with van der Waals surface area (Å²) in [4.78, 5) is 4.82. The Bertz CT molecular complexity index is 618. The van der Waals surface area contributed by atoms with E-state index in [0.717, 1.165) is 32.1 Å². The molecule has 4 nitrogen and oxygen atoms in total. The average molecular weight is 330 g/mol. The van der Waals surface area contributed by atoms with Gasteiger partial charge in [-0.2, -0.15) is 0 Å². The number of likely N-dealkylation sites (N-methyl/N-ethyl adjacent to an activating group) is 2. The Morgan fingerprint density at radius 2 is 1.92 bits per heavy atom. The Kier molecular flexibility index (Phi) is 4.21. The number of hydrogen-bond donors (Lipinski definition) is 0. The summed E-state index contributed by atoms with van der Waals surface area (Å²) in [6.45, 7) is 8.25. The normalized spacial score (nSPS) is 33.6. The molecule has 1 aliphatic carbocycles. The van der Waals surface area contributed by atoms with E-state index in [9.17, 15) is 0 Å². The highest BCUT2D eigenvalue weighted by atomic mass is 16.5. The van der Waals surface area contributed by atoms with Crippen molar-refractivity contribution in [2.45, 2.75) is 44.8 Å². The van der Waals surface area contributed by atoms with E-state index in [1.165, 1.54) is 29.7 Å². The summed E-state index contributed by atoms with van der Waals surface area (Å²) < 4.78 is 12.6. The zero-order valence-corrected chi connectivity index (χ0v) is 15.4. The zero-order chi connectivity index (χ0) is 16.8. The van der Waals surface area contributed by atoms with E-state index < -0.39 is 0 Å². The molecule has 2 aliphatic heterocycles. The van der Waals surface area contributed by atoms with Crippen molar-refractivity contribution >= 4 is 5.69 Å². The van der Waals surface area contributed by atoms with Crippen LogP contribution in [0.25, 0.3) is 0 Å². The highest BCUT2D eigenvalue weighted by Gasteiger charge is 2.44. The molecule has 2 fully saturated rings. The van der Waals surface area contributed by atoms with Crippen LogP contribution in [-0.4, -0.2) is 57.4 Å². The molecular weight excluding hydrogens is 300 g/mol. The number of fused-ring (bicyclic) bond motifs is 2. The van der Waals surface area contributed by atoms with Crippen LogP contribution in [0, 0.1) is 12.8 Å². The minimum Gasteiger partial charge on any atom is -0.489 e. The first-order valence-corrected chi connectivity index (χ1v) is 9.37. The molecule has 132 valence electrons. The smallest absolute Gasteiger partial charge is 0.146 e. The van der Waals surface area contributed by atoms with Crippen LogP contribution < -0.4 is 9.64 Å². The van der Waals surface area contributed by atoms with Crippen LogP contribution in [0.4, 0.5) is 5.69 Å². The second kappa shape index (κ2) is 6.23. The lowest BCUT2D eigenvalue weighted by Crippen LogP contribution is -2.55. The van der Waals surface area contributed by atoms with Crippen LogP contribution in [0.1, 0.15) is 36.8 Å². The van der Waals surface area contributed by atoms with E-state index in [4.69, 9.17) is 9.47 Å². The molecule has 1 saturated heterocycles. The zero-order valence-electron chi connectivity index (χ0n) is 15.4. The van der Waals surface area contributed by atoms with E-state index in [0.29, 0.717) is 17.9 Å². The molecule has 0 aromatic heterocycles. The molecule has 4 heteroatoms. The van der Waals surface area contributed by atoms with Crippen molar-refractivity contribution in [3.63, 3.8) is 0 Å². The van der Waals surface area contributed by atoms with E-state index >= 15 is 0 Å². The van der Waals surface area contributed by atoms with Gasteiger partial charge in [0.15, 0.2) is 0 Å². The fraction of sp³-hybridized carbons (Fsp3) is 0.700. The fourth-order valence-corrected chi connectivity index (χ4v) is 4.93. The molecule has 1 aromatic carbocycles. The SMILES string of the molecule is Cc1ccc2c(c1C1C(C)CCC3C1OCCN3C)OCCN2C. The molecule has 4 atom stereocenters. The van der Waals surface area contributed by atoms with Gasteiger partial charge in [-0.3, -0.25) is 4.90 Å². The van der Waals surface area contributed by atoms with Crippen LogP contribution in [0.2, 0.25) is 0 Å². The second-order valence-corrected chi connectivity index (χ2v) is 7.88. The number of ether oxygens (including phenoxy) is 2. The number of benzene rings is 1. The molecule has 24 heavy (non-hydrogen) atoms. The summed E-state index contributed by atoms with van der Waals surface area (Å²) in [5.74, 6) is 2.16. The van der Waals surface area contributed by atoms with Gasteiger partial charge in [0.05, 0.1) is 24.9 Å². The van der Waals surface area contributed by atoms with Gasteiger partial charge in [0.25, 0.3) is 0 Å². The standard InChI is InChI=1S/C20H30N2O2/c1-13-5-7-15-19(23-11-9-21(15)3)17(13)18-14(2)6-8-16-20(18)24-12-10-22(16)4/h5,7,14,16,18,20H,6,8-12H2,1-4H3. The molecule has 0 N–H and O–H groups in total. The van der Waals surface area contributed by atoms with Crippen molar-refractivity contribution in [2.75, 3.05) is 45.3 Å². The van der Waals surface area contributed by atoms with Crippen molar-refractivity contribution < 1.29 is 9.47 Å². The summed E-state index contributed by atoms with van der Waals surface area (Å²) in [5, 5.41) is 0. The van der Waals surface area contributed by atoms with Gasteiger partial charge in [-0.05, 0) is 44.4 Å². The Morgan fingerprint density at radius 3 is 2.75 bits per heavy atom. The van der Waals surface area contributed by atoms with Crippen molar-refractivity contribution in [3.8, 4) is 5.75 Å². The van der Waals surface area contributed by atoms with Gasteiger partial charge in [0, 0.05) is 31.1 Å². The highest BCUT2D eigenvalue weighted by molar-refractivity contribution is 5.66. The third-order valence-electron chi connectivity index (χ3n) is 6.40. The van der Waals surface area contributed by atoms with Gasteiger partial charge in [0.2, 0.25) is 0 Å². The minimum atomic E-state index is 0.286. The first kappa shape index (κ1) is 16.2. The lowest BCUT2D eigenvalue weighted by Gasteiger charge is -2.49. The molecule has 0 amide bonds. The maximum Gasteiger partial charge on any atom is 0.146 e. The van der Waals surface area contributed by atoms with Crippen molar-refractivity contribution in [1.82, 2.24) is 4.90 Å². The summed E-state index contributed by atoms with van der Waals surface area (Å²) in [7, 11) is 4.42. The van der Waals surface area contributed by atoms with Crippen LogP contribution in [0.5, 0.6) is 5.75 Å². The summed E-state index contributed by atoms with van der Waals surface area (Å²) in [6, 6.07) is 5.02. The van der Waals surface area contributed by atoms with Gasteiger partial charge in [0.1, 0.15) is 12.4 Å². The molecule has 4 unspecified atom stereocenters. The van der Waals surface area contributed by atoms with Crippen LogP contribution in [0.15, 0.2) is 12.1 Å². The molecule has 2 heterocycles. The molecule has 3 aliphatic rings. The predicted octanol–water partition coefficient (Wildman–Crippen LogP) is 3.04. The second-order valence-electron chi connectivity index (χ2n) is 7.88. The number of anilines is 1. The predicted molar refractivity (Wildman–Crippen MR) is 97.2 cm³/mol.